The second kappa shape index (κ2) is 7.23. The molecule has 4 heteroatoms. The molecule has 1 unspecified atom stereocenters. The molecule has 0 aromatic carbocycles. The fourth-order valence-corrected chi connectivity index (χ4v) is 3.37. The topological polar surface area (TPSA) is 50.1 Å². The van der Waals surface area contributed by atoms with Crippen LogP contribution in [0, 0.1) is 19.8 Å². The Balaban J connectivity index is 1.92. The first-order valence-corrected chi connectivity index (χ1v) is 8.00. The third-order valence-corrected chi connectivity index (χ3v) is 4.80. The Morgan fingerprint density at radius 2 is 2.00 bits per heavy atom. The van der Waals surface area contributed by atoms with E-state index < -0.39 is 0 Å². The van der Waals surface area contributed by atoms with E-state index >= 15 is 0 Å². The molecule has 1 fully saturated rings. The second-order valence-electron chi connectivity index (χ2n) is 6.16. The van der Waals surface area contributed by atoms with Gasteiger partial charge < -0.3 is 10.4 Å². The Kier molecular flexibility index (Phi) is 5.61. The average Bonchev–Trinajstić information content (AvgIpc) is 2.72. The molecule has 0 aliphatic heterocycles. The minimum atomic E-state index is 0.146. The Hall–Kier alpha value is -0.870. The zero-order valence-corrected chi connectivity index (χ0v) is 13.2. The second-order valence-corrected chi connectivity index (χ2v) is 6.16. The first-order chi connectivity index (χ1) is 9.63. The van der Waals surface area contributed by atoms with E-state index in [0.29, 0.717) is 12.6 Å². The molecule has 1 aliphatic rings. The number of aliphatic hydroxyl groups is 1. The largest absolute Gasteiger partial charge is 0.394 e. The maximum absolute atomic E-state index is 9.06. The molecule has 0 bridgehead atoms. The van der Waals surface area contributed by atoms with Gasteiger partial charge in [0.2, 0.25) is 0 Å². The number of aryl methyl sites for hydroxylation is 1. The van der Waals surface area contributed by atoms with Crippen molar-refractivity contribution >= 4 is 0 Å². The maximum Gasteiger partial charge on any atom is 0.0644 e. The highest BCUT2D eigenvalue weighted by Gasteiger charge is 2.20. The van der Waals surface area contributed by atoms with Crippen molar-refractivity contribution in [3.63, 3.8) is 0 Å². The van der Waals surface area contributed by atoms with Crippen LogP contribution in [0.5, 0.6) is 0 Å². The first kappa shape index (κ1) is 15.5. The van der Waals surface area contributed by atoms with E-state index in [1.165, 1.54) is 43.4 Å². The van der Waals surface area contributed by atoms with E-state index in [1.807, 2.05) is 4.68 Å². The Morgan fingerprint density at radius 3 is 2.65 bits per heavy atom. The number of rotatable bonds is 6. The molecule has 1 saturated carbocycles. The predicted octanol–water partition coefficient (Wildman–Crippen LogP) is 2.55. The van der Waals surface area contributed by atoms with E-state index in [4.69, 9.17) is 5.11 Å². The molecule has 1 aliphatic carbocycles. The lowest BCUT2D eigenvalue weighted by molar-refractivity contribution is 0.267. The van der Waals surface area contributed by atoms with Crippen LogP contribution in [0.15, 0.2) is 0 Å². The molecular weight excluding hydrogens is 250 g/mol. The smallest absolute Gasteiger partial charge is 0.0644 e. The summed E-state index contributed by atoms with van der Waals surface area (Å²) in [6.07, 6.45) is 6.94. The van der Waals surface area contributed by atoms with Gasteiger partial charge in [-0.2, -0.15) is 5.10 Å². The van der Waals surface area contributed by atoms with E-state index in [9.17, 15) is 0 Å². The standard InChI is InChI=1S/C16H29N3O/c1-12(15-7-5-4-6-8-15)17-11-16-13(2)18-19(9-10-20)14(16)3/h12,15,17,20H,4-11H2,1-3H3. The summed E-state index contributed by atoms with van der Waals surface area (Å²) in [5.74, 6) is 0.830. The van der Waals surface area contributed by atoms with Crippen molar-refractivity contribution < 1.29 is 5.11 Å². The molecule has 0 radical (unpaired) electrons. The molecule has 1 aromatic heterocycles. The van der Waals surface area contributed by atoms with E-state index in [1.54, 1.807) is 0 Å². The quantitative estimate of drug-likeness (QED) is 0.841. The number of hydrogen-bond acceptors (Lipinski definition) is 3. The zero-order chi connectivity index (χ0) is 14.5. The van der Waals surface area contributed by atoms with Gasteiger partial charge in [-0.15, -0.1) is 0 Å². The van der Waals surface area contributed by atoms with Crippen LogP contribution in [0.4, 0.5) is 0 Å². The molecule has 0 spiro atoms. The molecule has 4 nitrogen and oxygen atoms in total. The van der Waals surface area contributed by atoms with Crippen LogP contribution in [0.2, 0.25) is 0 Å². The van der Waals surface area contributed by atoms with Gasteiger partial charge in [-0.05, 0) is 39.5 Å². The average molecular weight is 279 g/mol. The predicted molar refractivity (Wildman–Crippen MR) is 81.7 cm³/mol. The van der Waals surface area contributed by atoms with Crippen molar-refractivity contribution in [2.24, 2.45) is 5.92 Å². The SMILES string of the molecule is Cc1nn(CCO)c(C)c1CNC(C)C1CCCCC1. The van der Waals surface area contributed by atoms with Crippen LogP contribution in [0.1, 0.15) is 56.0 Å². The minimum Gasteiger partial charge on any atom is -0.394 e. The Morgan fingerprint density at radius 1 is 1.30 bits per heavy atom. The van der Waals surface area contributed by atoms with Crippen molar-refractivity contribution in [1.29, 1.82) is 0 Å². The van der Waals surface area contributed by atoms with Crippen LogP contribution in [-0.4, -0.2) is 27.5 Å². The van der Waals surface area contributed by atoms with E-state index in [-0.39, 0.29) is 6.61 Å². The monoisotopic (exact) mass is 279 g/mol. The number of nitrogens with zero attached hydrogens (tertiary/aromatic N) is 2. The van der Waals surface area contributed by atoms with Crippen molar-refractivity contribution in [3.8, 4) is 0 Å². The Labute approximate surface area is 122 Å². The summed E-state index contributed by atoms with van der Waals surface area (Å²) in [5.41, 5.74) is 3.56. The summed E-state index contributed by atoms with van der Waals surface area (Å²) >= 11 is 0. The normalized spacial score (nSPS) is 18.4. The van der Waals surface area contributed by atoms with Gasteiger partial charge in [-0.1, -0.05) is 19.3 Å². The molecule has 0 amide bonds. The number of aliphatic hydroxyl groups excluding tert-OH is 1. The summed E-state index contributed by atoms with van der Waals surface area (Å²) in [6, 6.07) is 0.579. The molecule has 114 valence electrons. The van der Waals surface area contributed by atoms with Gasteiger partial charge in [-0.25, -0.2) is 0 Å². The van der Waals surface area contributed by atoms with Gasteiger partial charge in [0.15, 0.2) is 0 Å². The summed E-state index contributed by atoms with van der Waals surface area (Å²) in [4.78, 5) is 0. The highest BCUT2D eigenvalue weighted by Crippen LogP contribution is 2.26. The number of nitrogens with one attached hydrogen (secondary N) is 1. The Bertz CT molecular complexity index is 422. The summed E-state index contributed by atoms with van der Waals surface area (Å²) in [6.45, 7) is 8.10. The highest BCUT2D eigenvalue weighted by atomic mass is 16.3. The molecule has 1 atom stereocenters. The van der Waals surface area contributed by atoms with Crippen LogP contribution in [-0.2, 0) is 13.1 Å². The minimum absolute atomic E-state index is 0.146. The van der Waals surface area contributed by atoms with E-state index in [2.05, 4.69) is 31.2 Å². The molecule has 1 heterocycles. The molecular formula is C16H29N3O. The van der Waals surface area contributed by atoms with E-state index in [0.717, 1.165) is 18.2 Å². The van der Waals surface area contributed by atoms with Gasteiger partial charge >= 0.3 is 0 Å². The lowest BCUT2D eigenvalue weighted by Gasteiger charge is -2.28. The van der Waals surface area contributed by atoms with Gasteiger partial charge in [0.1, 0.15) is 0 Å². The summed E-state index contributed by atoms with van der Waals surface area (Å²) < 4.78 is 1.91. The zero-order valence-electron chi connectivity index (χ0n) is 13.2. The van der Waals surface area contributed by atoms with Gasteiger partial charge in [0, 0.05) is 23.8 Å². The highest BCUT2D eigenvalue weighted by molar-refractivity contribution is 5.24. The lowest BCUT2D eigenvalue weighted by atomic mass is 9.84. The van der Waals surface area contributed by atoms with Gasteiger partial charge in [-0.3, -0.25) is 4.68 Å². The lowest BCUT2D eigenvalue weighted by Crippen LogP contribution is -2.34. The number of hydrogen-bond donors (Lipinski definition) is 2. The molecule has 2 N–H and O–H groups in total. The van der Waals surface area contributed by atoms with Gasteiger partial charge in [0.25, 0.3) is 0 Å². The molecule has 2 rings (SSSR count). The summed E-state index contributed by atoms with van der Waals surface area (Å²) in [7, 11) is 0. The first-order valence-electron chi connectivity index (χ1n) is 8.00. The fourth-order valence-electron chi connectivity index (χ4n) is 3.37. The van der Waals surface area contributed by atoms with Crippen molar-refractivity contribution in [1.82, 2.24) is 15.1 Å². The molecule has 0 saturated heterocycles. The number of aromatic nitrogens is 2. The van der Waals surface area contributed by atoms with Crippen molar-refractivity contribution in [2.75, 3.05) is 6.61 Å². The van der Waals surface area contributed by atoms with Crippen LogP contribution >= 0.6 is 0 Å². The van der Waals surface area contributed by atoms with Crippen LogP contribution in [0.3, 0.4) is 0 Å². The third-order valence-electron chi connectivity index (χ3n) is 4.80. The summed E-state index contributed by atoms with van der Waals surface area (Å²) in [5, 5.41) is 17.3. The molecule has 20 heavy (non-hydrogen) atoms. The van der Waals surface area contributed by atoms with Crippen molar-refractivity contribution in [3.05, 3.63) is 17.0 Å². The fraction of sp³-hybridized carbons (Fsp3) is 0.812. The van der Waals surface area contributed by atoms with Crippen molar-refractivity contribution in [2.45, 2.75) is 72.0 Å². The van der Waals surface area contributed by atoms with Crippen LogP contribution in [0.25, 0.3) is 0 Å². The van der Waals surface area contributed by atoms with Crippen LogP contribution < -0.4 is 5.32 Å². The third kappa shape index (κ3) is 3.61. The maximum atomic E-state index is 9.06. The molecule has 1 aromatic rings. The van der Waals surface area contributed by atoms with Gasteiger partial charge in [0.05, 0.1) is 18.8 Å².